The average Bonchev–Trinajstić information content (AvgIpc) is 3.05. The van der Waals surface area contributed by atoms with E-state index in [0.29, 0.717) is 3.67 Å². The van der Waals surface area contributed by atoms with Gasteiger partial charge in [0.15, 0.2) is 0 Å². The normalized spacial score (nSPS) is 15.7. The van der Waals surface area contributed by atoms with E-state index in [1.165, 1.54) is 44.2 Å². The van der Waals surface area contributed by atoms with Gasteiger partial charge in [0.2, 0.25) is 0 Å². The summed E-state index contributed by atoms with van der Waals surface area (Å²) in [6, 6.07) is 33.0. The Bertz CT molecular complexity index is 1130. The van der Waals surface area contributed by atoms with Gasteiger partial charge in [-0.05, 0) is 0 Å². The molecule has 1 atom stereocenters. The van der Waals surface area contributed by atoms with Crippen molar-refractivity contribution in [3.05, 3.63) is 108 Å². The van der Waals surface area contributed by atoms with Crippen molar-refractivity contribution in [1.82, 2.24) is 0 Å². The summed E-state index contributed by atoms with van der Waals surface area (Å²) in [5.41, 5.74) is 8.40. The average molecular weight is 496 g/mol. The fourth-order valence-electron chi connectivity index (χ4n) is 3.98. The van der Waals surface area contributed by atoms with Crippen molar-refractivity contribution in [2.75, 3.05) is 0 Å². The number of hydrogen-bond donors (Lipinski definition) is 0. The first kappa shape index (κ1) is 16.0. The van der Waals surface area contributed by atoms with Crippen molar-refractivity contribution in [3.8, 4) is 11.1 Å². The Morgan fingerprint density at radius 1 is 0.615 bits per heavy atom. The van der Waals surface area contributed by atoms with Crippen molar-refractivity contribution in [2.45, 2.75) is 3.67 Å². The number of allylic oxidation sites excluding steroid dienone is 1. The number of rotatable bonds is 2. The van der Waals surface area contributed by atoms with Gasteiger partial charge in [-0.3, -0.25) is 0 Å². The molecule has 4 aromatic carbocycles. The van der Waals surface area contributed by atoms with Gasteiger partial charge in [-0.1, -0.05) is 0 Å². The van der Waals surface area contributed by atoms with Crippen LogP contribution >= 0.6 is 0 Å². The summed E-state index contributed by atoms with van der Waals surface area (Å²) < 4.78 is 0.558. The molecule has 1 aliphatic rings. The third-order valence-electron chi connectivity index (χ3n) is 5.25. The van der Waals surface area contributed by atoms with E-state index in [1.807, 2.05) is 0 Å². The second-order valence-corrected chi connectivity index (χ2v) is 8.81. The fraction of sp³-hybridized carbons (Fsp3) is 0.0400. The molecule has 1 heteroatoms. The van der Waals surface area contributed by atoms with Crippen LogP contribution in [0.4, 0.5) is 0 Å². The van der Waals surface area contributed by atoms with Crippen LogP contribution in [0, 0.1) is 0 Å². The van der Waals surface area contributed by atoms with E-state index in [-0.39, 0.29) is 0 Å². The van der Waals surface area contributed by atoms with Crippen LogP contribution in [0.25, 0.3) is 33.5 Å². The first-order valence-corrected chi connectivity index (χ1v) is 11.0. The van der Waals surface area contributed by atoms with Crippen molar-refractivity contribution < 1.29 is 24.4 Å². The molecule has 1 aliphatic carbocycles. The quantitative estimate of drug-likeness (QED) is 0.273. The molecule has 0 bridgehead atoms. The molecule has 121 valence electrons. The van der Waals surface area contributed by atoms with Gasteiger partial charge in [0.25, 0.3) is 0 Å². The predicted molar refractivity (Wildman–Crippen MR) is 106 cm³/mol. The first-order chi connectivity index (χ1) is 12.8. The Hall–Kier alpha value is -2.25. The van der Waals surface area contributed by atoms with Crippen LogP contribution in [0.3, 0.4) is 0 Å². The van der Waals surface area contributed by atoms with Crippen LogP contribution in [0.15, 0.2) is 91.0 Å². The standard InChI is InChI=1S/C25H17.Hf/c1-2-8-18(9-3-1)21-16-20-12-7-15-24(25(20)17-21)23-14-6-11-19-10-4-5-13-22(19)23;/h1-17H;. The Labute approximate surface area is 168 Å². The minimum absolute atomic E-state index is 0.558. The fourth-order valence-corrected chi connectivity index (χ4v) is 5.78. The monoisotopic (exact) mass is 497 g/mol. The van der Waals surface area contributed by atoms with Crippen molar-refractivity contribution >= 4 is 22.4 Å². The molecule has 0 spiro atoms. The number of benzene rings is 4. The van der Waals surface area contributed by atoms with Gasteiger partial charge in [0.05, 0.1) is 0 Å². The Morgan fingerprint density at radius 2 is 1.31 bits per heavy atom. The van der Waals surface area contributed by atoms with Gasteiger partial charge in [-0.25, -0.2) is 0 Å². The van der Waals surface area contributed by atoms with Crippen LogP contribution < -0.4 is 0 Å². The molecule has 26 heavy (non-hydrogen) atoms. The molecule has 0 saturated heterocycles. The molecule has 0 fully saturated rings. The summed E-state index contributed by atoms with van der Waals surface area (Å²) in [4.78, 5) is 0. The van der Waals surface area contributed by atoms with E-state index in [4.69, 9.17) is 0 Å². The third kappa shape index (κ3) is 2.54. The van der Waals surface area contributed by atoms with Gasteiger partial charge < -0.3 is 0 Å². The minimum atomic E-state index is 0.558. The van der Waals surface area contributed by atoms with E-state index in [1.54, 1.807) is 0 Å². The Kier molecular flexibility index (Phi) is 3.98. The molecule has 0 heterocycles. The Morgan fingerprint density at radius 3 is 2.19 bits per heavy atom. The first-order valence-electron chi connectivity index (χ1n) is 8.92. The summed E-state index contributed by atoms with van der Waals surface area (Å²) in [5, 5.41) is 2.63. The molecular weight excluding hydrogens is 479 g/mol. The van der Waals surface area contributed by atoms with Crippen LogP contribution in [0.1, 0.15) is 20.4 Å². The molecule has 0 saturated carbocycles. The molecule has 4 aromatic rings. The second-order valence-electron chi connectivity index (χ2n) is 6.73. The van der Waals surface area contributed by atoms with Gasteiger partial charge in [-0.15, -0.1) is 0 Å². The molecule has 0 amide bonds. The summed E-state index contributed by atoms with van der Waals surface area (Å²) in [6.45, 7) is 0. The van der Waals surface area contributed by atoms with E-state index in [2.05, 4.69) is 97.1 Å². The molecule has 0 aromatic heterocycles. The summed E-state index contributed by atoms with van der Waals surface area (Å²) in [7, 11) is 0. The second kappa shape index (κ2) is 6.48. The van der Waals surface area contributed by atoms with E-state index >= 15 is 0 Å². The maximum atomic E-state index is 2.43. The SMILES string of the molecule is [Hf][CH]1C(c2ccccc2)=Cc2c(-c3cccc4ccccc34)cccc21. The zero-order valence-corrected chi connectivity index (χ0v) is 17.9. The Balaban J connectivity index is 1.74. The van der Waals surface area contributed by atoms with Gasteiger partial charge in [0.1, 0.15) is 0 Å². The van der Waals surface area contributed by atoms with Crippen molar-refractivity contribution in [1.29, 1.82) is 0 Å². The molecule has 0 N–H and O–H groups in total. The summed E-state index contributed by atoms with van der Waals surface area (Å²) in [5.74, 6) is 0. The topological polar surface area (TPSA) is 0 Å². The molecule has 0 nitrogen and oxygen atoms in total. The molecule has 1 unspecified atom stereocenters. The van der Waals surface area contributed by atoms with Crippen LogP contribution in [-0.2, 0) is 24.4 Å². The predicted octanol–water partition coefficient (Wildman–Crippen LogP) is 6.65. The molecule has 0 aliphatic heterocycles. The van der Waals surface area contributed by atoms with E-state index < -0.39 is 0 Å². The van der Waals surface area contributed by atoms with Crippen molar-refractivity contribution in [2.24, 2.45) is 0 Å². The summed E-state index contributed by atoms with van der Waals surface area (Å²) in [6.07, 6.45) is 2.43. The third-order valence-corrected chi connectivity index (χ3v) is 7.48. The zero-order chi connectivity index (χ0) is 17.5. The van der Waals surface area contributed by atoms with Gasteiger partial charge in [-0.2, -0.15) is 0 Å². The zero-order valence-electron chi connectivity index (χ0n) is 14.3. The summed E-state index contributed by atoms with van der Waals surface area (Å²) >= 11 is 1.12. The van der Waals surface area contributed by atoms with Gasteiger partial charge in [0, 0.05) is 0 Å². The maximum absolute atomic E-state index is 2.43. The van der Waals surface area contributed by atoms with Crippen molar-refractivity contribution in [3.63, 3.8) is 0 Å². The van der Waals surface area contributed by atoms with E-state index in [0.717, 1.165) is 24.4 Å². The number of fused-ring (bicyclic) bond motifs is 2. The van der Waals surface area contributed by atoms with Crippen LogP contribution in [-0.4, -0.2) is 0 Å². The van der Waals surface area contributed by atoms with E-state index in [9.17, 15) is 0 Å². The molecule has 0 radical (unpaired) electrons. The number of hydrogen-bond acceptors (Lipinski definition) is 0. The molecular formula is C25H17Hf. The van der Waals surface area contributed by atoms with Crippen LogP contribution in [0.5, 0.6) is 0 Å². The van der Waals surface area contributed by atoms with Crippen LogP contribution in [0.2, 0.25) is 0 Å². The molecule has 5 rings (SSSR count). The van der Waals surface area contributed by atoms with Gasteiger partial charge >= 0.3 is 169 Å².